The van der Waals surface area contributed by atoms with E-state index in [0.717, 1.165) is 13.0 Å². The Labute approximate surface area is 122 Å². The molecule has 0 amide bonds. The summed E-state index contributed by atoms with van der Waals surface area (Å²) in [6, 6.07) is -0.0460. The molecule has 0 aliphatic carbocycles. The maximum atomic E-state index is 12.6. The molecule has 1 aromatic rings. The van der Waals surface area contributed by atoms with Crippen molar-refractivity contribution in [3.8, 4) is 0 Å². The molecule has 1 rings (SSSR count). The normalized spacial score (nSPS) is 14.2. The van der Waals surface area contributed by atoms with Gasteiger partial charge in [0.15, 0.2) is 5.03 Å². The molecule has 1 heterocycles. The second-order valence-corrected chi connectivity index (χ2v) is 7.44. The van der Waals surface area contributed by atoms with E-state index >= 15 is 0 Å². The highest BCUT2D eigenvalue weighted by Crippen LogP contribution is 2.21. The third kappa shape index (κ3) is 4.04. The first-order valence-electron chi connectivity index (χ1n) is 7.01. The van der Waals surface area contributed by atoms with Crippen molar-refractivity contribution in [3.63, 3.8) is 0 Å². The SMILES string of the molecule is CCNCc1cn[nH]c1S(=O)(=O)N(C)C(C)CC(C)C. The van der Waals surface area contributed by atoms with Crippen molar-refractivity contribution >= 4 is 10.0 Å². The average Bonchev–Trinajstić information content (AvgIpc) is 2.83. The Kier molecular flexibility index (Phi) is 6.16. The minimum absolute atomic E-state index is 0.0460. The van der Waals surface area contributed by atoms with Crippen molar-refractivity contribution in [2.75, 3.05) is 13.6 Å². The van der Waals surface area contributed by atoms with Crippen molar-refractivity contribution in [1.29, 1.82) is 0 Å². The number of H-pyrrole nitrogens is 1. The summed E-state index contributed by atoms with van der Waals surface area (Å²) in [4.78, 5) is 0. The summed E-state index contributed by atoms with van der Waals surface area (Å²) in [5.74, 6) is 0.450. The van der Waals surface area contributed by atoms with Gasteiger partial charge in [-0.25, -0.2) is 8.42 Å². The van der Waals surface area contributed by atoms with Crippen LogP contribution in [0.1, 0.15) is 39.7 Å². The minimum atomic E-state index is -3.53. The summed E-state index contributed by atoms with van der Waals surface area (Å²) in [6.45, 7) is 9.36. The van der Waals surface area contributed by atoms with Crippen LogP contribution >= 0.6 is 0 Å². The Morgan fingerprint density at radius 3 is 2.60 bits per heavy atom. The first-order chi connectivity index (χ1) is 9.30. The molecule has 0 bridgehead atoms. The van der Waals surface area contributed by atoms with Gasteiger partial charge in [0.1, 0.15) is 0 Å². The molecule has 0 aromatic carbocycles. The fourth-order valence-electron chi connectivity index (χ4n) is 2.12. The fraction of sp³-hybridized carbons (Fsp3) is 0.769. The zero-order valence-corrected chi connectivity index (χ0v) is 13.8. The first kappa shape index (κ1) is 17.1. The molecule has 0 spiro atoms. The number of hydrogen-bond acceptors (Lipinski definition) is 4. The molecule has 1 atom stereocenters. The smallest absolute Gasteiger partial charge is 0.260 e. The minimum Gasteiger partial charge on any atom is -0.313 e. The third-order valence-corrected chi connectivity index (χ3v) is 5.30. The zero-order valence-electron chi connectivity index (χ0n) is 13.0. The topological polar surface area (TPSA) is 78.1 Å². The molecular weight excluding hydrogens is 276 g/mol. The Morgan fingerprint density at radius 1 is 1.40 bits per heavy atom. The van der Waals surface area contributed by atoms with E-state index in [4.69, 9.17) is 0 Å². The van der Waals surface area contributed by atoms with Gasteiger partial charge in [0.05, 0.1) is 6.20 Å². The molecule has 0 saturated heterocycles. The van der Waals surface area contributed by atoms with Crippen LogP contribution in [-0.4, -0.2) is 42.6 Å². The predicted octanol–water partition coefficient (Wildman–Crippen LogP) is 1.57. The lowest BCUT2D eigenvalue weighted by molar-refractivity contribution is 0.336. The van der Waals surface area contributed by atoms with Crippen LogP contribution in [-0.2, 0) is 16.6 Å². The number of nitrogens with zero attached hydrogens (tertiary/aromatic N) is 2. The van der Waals surface area contributed by atoms with E-state index in [9.17, 15) is 8.42 Å². The summed E-state index contributed by atoms with van der Waals surface area (Å²) in [6.07, 6.45) is 2.39. The van der Waals surface area contributed by atoms with Gasteiger partial charge in [-0.05, 0) is 25.8 Å². The van der Waals surface area contributed by atoms with Crippen LogP contribution in [0.4, 0.5) is 0 Å². The maximum Gasteiger partial charge on any atom is 0.260 e. The van der Waals surface area contributed by atoms with Crippen molar-refractivity contribution in [3.05, 3.63) is 11.8 Å². The van der Waals surface area contributed by atoms with E-state index in [2.05, 4.69) is 29.4 Å². The van der Waals surface area contributed by atoms with Crippen LogP contribution in [0.2, 0.25) is 0 Å². The van der Waals surface area contributed by atoms with E-state index in [0.29, 0.717) is 18.0 Å². The van der Waals surface area contributed by atoms with E-state index in [-0.39, 0.29) is 11.1 Å². The molecule has 0 radical (unpaired) electrons. The molecule has 0 fully saturated rings. The van der Waals surface area contributed by atoms with E-state index in [1.165, 1.54) is 4.31 Å². The summed E-state index contributed by atoms with van der Waals surface area (Å²) in [5, 5.41) is 9.81. The molecular formula is C13H26N4O2S. The lowest BCUT2D eigenvalue weighted by Crippen LogP contribution is -2.36. The monoisotopic (exact) mass is 302 g/mol. The fourth-order valence-corrected chi connectivity index (χ4v) is 3.59. The van der Waals surface area contributed by atoms with Gasteiger partial charge in [-0.1, -0.05) is 20.8 Å². The van der Waals surface area contributed by atoms with Gasteiger partial charge in [0, 0.05) is 25.2 Å². The molecule has 1 aromatic heterocycles. The highest BCUT2D eigenvalue weighted by atomic mass is 32.2. The third-order valence-electron chi connectivity index (χ3n) is 3.31. The summed E-state index contributed by atoms with van der Waals surface area (Å²) in [7, 11) is -1.90. The molecule has 116 valence electrons. The van der Waals surface area contributed by atoms with Gasteiger partial charge >= 0.3 is 0 Å². The average molecular weight is 302 g/mol. The summed E-state index contributed by atoms with van der Waals surface area (Å²) < 4.78 is 26.7. The first-order valence-corrected chi connectivity index (χ1v) is 8.45. The van der Waals surface area contributed by atoms with Gasteiger partial charge in [-0.15, -0.1) is 0 Å². The van der Waals surface area contributed by atoms with Crippen molar-refractivity contribution in [2.24, 2.45) is 5.92 Å². The van der Waals surface area contributed by atoms with Crippen molar-refractivity contribution in [1.82, 2.24) is 19.8 Å². The molecule has 0 aliphatic heterocycles. The Hall–Kier alpha value is -0.920. The van der Waals surface area contributed by atoms with Crippen LogP contribution in [0.15, 0.2) is 11.2 Å². The summed E-state index contributed by atoms with van der Waals surface area (Å²) in [5.41, 5.74) is 0.676. The quantitative estimate of drug-likeness (QED) is 0.764. The summed E-state index contributed by atoms with van der Waals surface area (Å²) >= 11 is 0. The van der Waals surface area contributed by atoms with E-state index in [1.54, 1.807) is 13.2 Å². The van der Waals surface area contributed by atoms with Crippen LogP contribution in [0, 0.1) is 5.92 Å². The number of hydrogen-bond donors (Lipinski definition) is 2. The second kappa shape index (κ2) is 7.19. The van der Waals surface area contributed by atoms with E-state index in [1.807, 2.05) is 13.8 Å². The van der Waals surface area contributed by atoms with Crippen molar-refractivity contribution in [2.45, 2.75) is 51.7 Å². The van der Waals surface area contributed by atoms with Gasteiger partial charge in [0.25, 0.3) is 10.0 Å². The van der Waals surface area contributed by atoms with Gasteiger partial charge in [-0.2, -0.15) is 9.40 Å². The lowest BCUT2D eigenvalue weighted by atomic mass is 10.1. The van der Waals surface area contributed by atoms with Crippen molar-refractivity contribution < 1.29 is 8.42 Å². The molecule has 20 heavy (non-hydrogen) atoms. The number of sulfonamides is 1. The molecule has 2 N–H and O–H groups in total. The van der Waals surface area contributed by atoms with Gasteiger partial charge in [-0.3, -0.25) is 5.10 Å². The van der Waals surface area contributed by atoms with Crippen LogP contribution in [0.5, 0.6) is 0 Å². The second-order valence-electron chi connectivity index (χ2n) is 5.50. The maximum absolute atomic E-state index is 12.6. The molecule has 1 unspecified atom stereocenters. The molecule has 0 aliphatic rings. The molecule has 7 heteroatoms. The largest absolute Gasteiger partial charge is 0.313 e. The molecule has 6 nitrogen and oxygen atoms in total. The highest BCUT2D eigenvalue weighted by molar-refractivity contribution is 7.89. The Bertz CT molecular complexity index is 510. The molecule has 0 saturated carbocycles. The number of rotatable bonds is 8. The number of nitrogens with one attached hydrogen (secondary N) is 2. The van der Waals surface area contributed by atoms with Gasteiger partial charge in [0.2, 0.25) is 0 Å². The van der Waals surface area contributed by atoms with Crippen LogP contribution in [0.25, 0.3) is 0 Å². The Morgan fingerprint density at radius 2 is 2.05 bits per heavy atom. The number of aromatic nitrogens is 2. The number of aromatic amines is 1. The highest BCUT2D eigenvalue weighted by Gasteiger charge is 2.29. The van der Waals surface area contributed by atoms with Crippen LogP contribution in [0.3, 0.4) is 0 Å². The standard InChI is InChI=1S/C13H26N4O2S/c1-6-14-8-12-9-15-16-13(12)20(18,19)17(5)11(4)7-10(2)3/h9-11,14H,6-8H2,1-5H3,(H,15,16). The van der Waals surface area contributed by atoms with Crippen LogP contribution < -0.4 is 5.32 Å². The lowest BCUT2D eigenvalue weighted by Gasteiger charge is -2.25. The Balaban J connectivity index is 2.95. The zero-order chi connectivity index (χ0) is 15.3. The van der Waals surface area contributed by atoms with Gasteiger partial charge < -0.3 is 5.32 Å². The van der Waals surface area contributed by atoms with E-state index < -0.39 is 10.0 Å². The predicted molar refractivity (Wildman–Crippen MR) is 79.8 cm³/mol.